The number of rotatable bonds is 10. The van der Waals surface area contributed by atoms with Crippen molar-refractivity contribution in [1.29, 1.82) is 0 Å². The number of nitrogens with one attached hydrogen (secondary N) is 2. The fraction of sp³-hybridized carbons (Fsp3) is 0.0968. The third kappa shape index (κ3) is 8.11. The topological polar surface area (TPSA) is 82.9 Å². The number of amides is 2. The summed E-state index contributed by atoms with van der Waals surface area (Å²) in [5, 5.41) is 8.00. The normalized spacial score (nSPS) is 11.0. The second-order valence-corrected chi connectivity index (χ2v) is 8.42. The molecular weight excluding hydrogens is 460 g/mol. The molecule has 4 aromatic rings. The Morgan fingerprint density at radius 3 is 1.24 bits per heavy atom. The first-order valence-corrected chi connectivity index (χ1v) is 12.1. The molecule has 0 aromatic heterocycles. The number of benzene rings is 4. The van der Waals surface area contributed by atoms with Gasteiger partial charge in [0, 0.05) is 12.8 Å². The van der Waals surface area contributed by atoms with Crippen molar-refractivity contribution in [1.82, 2.24) is 10.9 Å². The first kappa shape index (κ1) is 25.3. The van der Waals surface area contributed by atoms with Crippen LogP contribution in [0.2, 0.25) is 0 Å². The first-order chi connectivity index (χ1) is 18.2. The molecule has 0 unspecified atom stereocenters. The summed E-state index contributed by atoms with van der Waals surface area (Å²) in [4.78, 5) is 24.0. The highest BCUT2D eigenvalue weighted by Gasteiger charge is 2.04. The number of carbonyl (C=O) groups is 2. The van der Waals surface area contributed by atoms with Gasteiger partial charge in [-0.15, -0.1) is 0 Å². The molecule has 0 aliphatic rings. The van der Waals surface area contributed by atoms with Crippen molar-refractivity contribution in [2.75, 3.05) is 0 Å². The summed E-state index contributed by atoms with van der Waals surface area (Å²) >= 11 is 0. The third-order valence-corrected chi connectivity index (χ3v) is 5.65. The Balaban J connectivity index is 1.13. The third-order valence-electron chi connectivity index (χ3n) is 5.65. The lowest BCUT2D eigenvalue weighted by molar-refractivity contribution is -0.122. The Morgan fingerprint density at radius 1 is 0.514 bits per heavy atom. The van der Waals surface area contributed by atoms with Gasteiger partial charge in [0.05, 0.1) is 12.4 Å². The monoisotopic (exact) mass is 488 g/mol. The van der Waals surface area contributed by atoms with Crippen molar-refractivity contribution < 1.29 is 9.59 Å². The Bertz CT molecular complexity index is 1240. The molecule has 184 valence electrons. The zero-order valence-corrected chi connectivity index (χ0v) is 20.4. The van der Waals surface area contributed by atoms with Gasteiger partial charge in [-0.1, -0.05) is 109 Å². The highest BCUT2D eigenvalue weighted by atomic mass is 16.2. The van der Waals surface area contributed by atoms with Crippen LogP contribution in [0.4, 0.5) is 0 Å². The van der Waals surface area contributed by atoms with E-state index in [1.165, 1.54) is 0 Å². The molecule has 0 atom stereocenters. The molecule has 0 aliphatic heterocycles. The van der Waals surface area contributed by atoms with Gasteiger partial charge in [0.1, 0.15) is 0 Å². The van der Waals surface area contributed by atoms with Gasteiger partial charge in [-0.25, -0.2) is 10.9 Å². The molecule has 0 saturated carbocycles. The van der Waals surface area contributed by atoms with E-state index in [9.17, 15) is 9.59 Å². The van der Waals surface area contributed by atoms with Crippen LogP contribution in [0.25, 0.3) is 22.3 Å². The van der Waals surface area contributed by atoms with E-state index < -0.39 is 0 Å². The van der Waals surface area contributed by atoms with Crippen molar-refractivity contribution in [2.45, 2.75) is 19.3 Å². The van der Waals surface area contributed by atoms with Gasteiger partial charge in [-0.05, 0) is 39.8 Å². The number of nitrogens with zero attached hydrogens (tertiary/aromatic N) is 2. The molecule has 0 bridgehead atoms. The van der Waals surface area contributed by atoms with Crippen LogP contribution in [-0.2, 0) is 9.59 Å². The maximum Gasteiger partial charge on any atom is 0.240 e. The van der Waals surface area contributed by atoms with Crippen LogP contribution in [0.5, 0.6) is 0 Å². The number of carbonyl (C=O) groups excluding carboxylic acids is 2. The molecule has 4 rings (SSSR count). The maximum absolute atomic E-state index is 12.0. The number of hydrogen-bond acceptors (Lipinski definition) is 4. The minimum absolute atomic E-state index is 0.197. The van der Waals surface area contributed by atoms with Crippen LogP contribution >= 0.6 is 0 Å². The van der Waals surface area contributed by atoms with Crippen LogP contribution in [0, 0.1) is 0 Å². The fourth-order valence-electron chi connectivity index (χ4n) is 3.66. The number of hydrazone groups is 2. The van der Waals surface area contributed by atoms with Crippen LogP contribution in [-0.4, -0.2) is 24.2 Å². The minimum Gasteiger partial charge on any atom is -0.273 e. The van der Waals surface area contributed by atoms with E-state index >= 15 is 0 Å². The molecule has 0 radical (unpaired) electrons. The van der Waals surface area contributed by atoms with E-state index in [4.69, 9.17) is 0 Å². The Kier molecular flexibility index (Phi) is 9.08. The number of hydrogen-bond donors (Lipinski definition) is 2. The van der Waals surface area contributed by atoms with Gasteiger partial charge in [-0.3, -0.25) is 9.59 Å². The predicted molar refractivity (Wildman–Crippen MR) is 149 cm³/mol. The Hall–Kier alpha value is -4.84. The van der Waals surface area contributed by atoms with Gasteiger partial charge in [-0.2, -0.15) is 10.2 Å². The van der Waals surface area contributed by atoms with Gasteiger partial charge in [0.25, 0.3) is 0 Å². The average molecular weight is 489 g/mol. The molecule has 4 aromatic carbocycles. The molecule has 0 saturated heterocycles. The van der Waals surface area contributed by atoms with Crippen LogP contribution in [0.1, 0.15) is 30.4 Å². The van der Waals surface area contributed by atoms with Crippen LogP contribution < -0.4 is 10.9 Å². The van der Waals surface area contributed by atoms with E-state index in [2.05, 4.69) is 45.3 Å². The molecule has 0 aliphatic carbocycles. The van der Waals surface area contributed by atoms with E-state index in [0.29, 0.717) is 6.42 Å². The molecule has 0 heterocycles. The quantitative estimate of drug-likeness (QED) is 0.219. The SMILES string of the molecule is O=C(CCCC(=O)N/N=C/c1ccc(-c2ccccc2)cc1)N/N=C\c1ccc(-c2ccccc2)cc1. The molecule has 0 spiro atoms. The zero-order valence-electron chi connectivity index (χ0n) is 20.4. The van der Waals surface area contributed by atoms with E-state index in [1.54, 1.807) is 12.4 Å². The Morgan fingerprint density at radius 2 is 0.865 bits per heavy atom. The van der Waals surface area contributed by atoms with Crippen LogP contribution in [0.3, 0.4) is 0 Å². The van der Waals surface area contributed by atoms with Gasteiger partial charge >= 0.3 is 0 Å². The maximum atomic E-state index is 12.0. The van der Waals surface area contributed by atoms with Crippen molar-refractivity contribution in [3.63, 3.8) is 0 Å². The van der Waals surface area contributed by atoms with Crippen molar-refractivity contribution in [3.05, 3.63) is 120 Å². The summed E-state index contributed by atoms with van der Waals surface area (Å²) in [6.45, 7) is 0. The highest BCUT2D eigenvalue weighted by molar-refractivity contribution is 5.85. The fourth-order valence-corrected chi connectivity index (χ4v) is 3.66. The molecular formula is C31H28N4O2. The standard InChI is InChI=1S/C31H28N4O2/c36-30(34-32-22-24-14-18-28(19-15-24)26-8-3-1-4-9-26)12-7-13-31(37)35-33-23-25-16-20-29(21-17-25)27-10-5-2-6-11-27/h1-6,8-11,14-23H,7,12-13H2,(H,34,36)(H,35,37)/b32-22-,33-23+. The summed E-state index contributed by atoms with van der Waals surface area (Å²) in [7, 11) is 0. The molecule has 2 amide bonds. The van der Waals surface area contributed by atoms with Crippen molar-refractivity contribution >= 4 is 24.2 Å². The molecule has 6 heteroatoms. The second-order valence-electron chi connectivity index (χ2n) is 8.42. The molecule has 2 N–H and O–H groups in total. The van der Waals surface area contributed by atoms with E-state index in [-0.39, 0.29) is 24.7 Å². The molecule has 37 heavy (non-hydrogen) atoms. The van der Waals surface area contributed by atoms with Gasteiger partial charge < -0.3 is 0 Å². The second kappa shape index (κ2) is 13.3. The summed E-state index contributed by atoms with van der Waals surface area (Å²) in [6, 6.07) is 36.0. The summed E-state index contributed by atoms with van der Waals surface area (Å²) in [6.07, 6.45) is 3.99. The lowest BCUT2D eigenvalue weighted by Gasteiger charge is -2.03. The minimum atomic E-state index is -0.244. The summed E-state index contributed by atoms with van der Waals surface area (Å²) in [5.41, 5.74) is 11.3. The van der Waals surface area contributed by atoms with Gasteiger partial charge in [0.15, 0.2) is 0 Å². The van der Waals surface area contributed by atoms with Crippen LogP contribution in [0.15, 0.2) is 119 Å². The highest BCUT2D eigenvalue weighted by Crippen LogP contribution is 2.19. The van der Waals surface area contributed by atoms with Crippen molar-refractivity contribution in [3.8, 4) is 22.3 Å². The summed E-state index contributed by atoms with van der Waals surface area (Å²) < 4.78 is 0. The smallest absolute Gasteiger partial charge is 0.240 e. The van der Waals surface area contributed by atoms with Gasteiger partial charge in [0.2, 0.25) is 11.8 Å². The molecule has 6 nitrogen and oxygen atoms in total. The van der Waals surface area contributed by atoms with Crippen molar-refractivity contribution in [2.24, 2.45) is 10.2 Å². The largest absolute Gasteiger partial charge is 0.273 e. The van der Waals surface area contributed by atoms with E-state index in [0.717, 1.165) is 33.4 Å². The lowest BCUT2D eigenvalue weighted by Crippen LogP contribution is -2.20. The van der Waals surface area contributed by atoms with E-state index in [1.807, 2.05) is 84.9 Å². The zero-order chi connectivity index (χ0) is 25.7. The average Bonchev–Trinajstić information content (AvgIpc) is 2.95. The predicted octanol–water partition coefficient (Wildman–Crippen LogP) is 5.79. The summed E-state index contributed by atoms with van der Waals surface area (Å²) in [5.74, 6) is -0.487. The molecule has 0 fully saturated rings. The lowest BCUT2D eigenvalue weighted by atomic mass is 10.0. The Labute approximate surface area is 216 Å². The first-order valence-electron chi connectivity index (χ1n) is 12.1.